The van der Waals surface area contributed by atoms with Crippen LogP contribution in [0.4, 0.5) is 4.39 Å². The predicted molar refractivity (Wildman–Crippen MR) is 71.7 cm³/mol. The minimum atomic E-state index is -3.47. The number of halogens is 2. The van der Waals surface area contributed by atoms with E-state index in [1.165, 1.54) is 6.07 Å². The van der Waals surface area contributed by atoms with Gasteiger partial charge in [-0.05, 0) is 40.0 Å². The van der Waals surface area contributed by atoms with Crippen molar-refractivity contribution in [3.8, 4) is 0 Å². The minimum Gasteiger partial charge on any atom is -0.373 e. The molecule has 0 saturated carbocycles. The van der Waals surface area contributed by atoms with Crippen LogP contribution < -0.4 is 0 Å². The van der Waals surface area contributed by atoms with Gasteiger partial charge in [0.15, 0.2) is 0 Å². The number of hydrogen-bond donors (Lipinski definition) is 0. The highest BCUT2D eigenvalue weighted by molar-refractivity contribution is 9.10. The number of hydrogen-bond acceptors (Lipinski definition) is 4. The Morgan fingerprint density at radius 2 is 2.21 bits per heavy atom. The van der Waals surface area contributed by atoms with Crippen molar-refractivity contribution in [2.24, 2.45) is 0 Å². The lowest BCUT2D eigenvalue weighted by molar-refractivity contribution is -0.0342. The molecule has 1 aromatic rings. The molecule has 0 amide bonds. The van der Waals surface area contributed by atoms with Crippen LogP contribution >= 0.6 is 15.9 Å². The highest BCUT2D eigenvalue weighted by Crippen LogP contribution is 2.32. The van der Waals surface area contributed by atoms with Crippen molar-refractivity contribution in [3.05, 3.63) is 34.1 Å². The van der Waals surface area contributed by atoms with Crippen molar-refractivity contribution in [2.45, 2.75) is 25.0 Å². The maximum Gasteiger partial charge on any atom is 0.264 e. The molecular formula is C12H14BrFO4S. The molecule has 1 aromatic carbocycles. The van der Waals surface area contributed by atoms with Crippen LogP contribution in [0.2, 0.25) is 0 Å². The number of ether oxygens (including phenoxy) is 1. The molecule has 106 valence electrons. The third kappa shape index (κ3) is 4.24. The second-order valence-electron chi connectivity index (χ2n) is 4.48. The Bertz CT molecular complexity index is 561. The fourth-order valence-electron chi connectivity index (χ4n) is 2.05. The maximum absolute atomic E-state index is 13.2. The lowest BCUT2D eigenvalue weighted by Gasteiger charge is -2.29. The summed E-state index contributed by atoms with van der Waals surface area (Å²) >= 11 is 3.12. The van der Waals surface area contributed by atoms with Gasteiger partial charge in [-0.2, -0.15) is 8.42 Å². The fraction of sp³-hybridized carbons (Fsp3) is 0.500. The molecule has 0 spiro atoms. The van der Waals surface area contributed by atoms with E-state index < -0.39 is 16.2 Å². The van der Waals surface area contributed by atoms with Crippen molar-refractivity contribution in [3.63, 3.8) is 0 Å². The predicted octanol–water partition coefficient (Wildman–Crippen LogP) is 2.78. The second-order valence-corrected chi connectivity index (χ2v) is 6.93. The molecule has 0 N–H and O–H groups in total. The molecule has 2 atom stereocenters. The topological polar surface area (TPSA) is 52.6 Å². The Morgan fingerprint density at radius 1 is 1.47 bits per heavy atom. The molecular weight excluding hydrogens is 339 g/mol. The Labute approximate surface area is 120 Å². The van der Waals surface area contributed by atoms with E-state index in [9.17, 15) is 12.8 Å². The summed E-state index contributed by atoms with van der Waals surface area (Å²) in [4.78, 5) is 0. The van der Waals surface area contributed by atoms with Gasteiger partial charge in [0.05, 0.1) is 22.9 Å². The van der Waals surface area contributed by atoms with Crippen LogP contribution in [0.25, 0.3) is 0 Å². The number of benzene rings is 1. The van der Waals surface area contributed by atoms with Crippen molar-refractivity contribution < 1.29 is 21.7 Å². The van der Waals surface area contributed by atoms with E-state index in [4.69, 9.17) is 8.92 Å². The first-order valence-corrected chi connectivity index (χ1v) is 8.41. The van der Waals surface area contributed by atoms with Crippen LogP contribution in [-0.2, 0) is 19.0 Å². The van der Waals surface area contributed by atoms with Gasteiger partial charge < -0.3 is 4.74 Å². The Morgan fingerprint density at radius 3 is 2.84 bits per heavy atom. The Kier molecular flexibility index (Phi) is 4.60. The van der Waals surface area contributed by atoms with Crippen LogP contribution in [0.5, 0.6) is 0 Å². The van der Waals surface area contributed by atoms with Gasteiger partial charge in [-0.25, -0.2) is 4.39 Å². The SMILES string of the molecule is CS(=O)(=O)OC1CCOC(c2ccc(F)c(Br)c2)C1. The lowest BCUT2D eigenvalue weighted by atomic mass is 9.99. The van der Waals surface area contributed by atoms with Crippen LogP contribution in [0.15, 0.2) is 22.7 Å². The molecule has 0 aliphatic carbocycles. The Hall–Kier alpha value is -0.500. The van der Waals surface area contributed by atoms with Crippen molar-refractivity contribution in [1.29, 1.82) is 0 Å². The molecule has 1 aliphatic heterocycles. The molecule has 4 nitrogen and oxygen atoms in total. The first-order chi connectivity index (χ1) is 8.85. The summed E-state index contributed by atoms with van der Waals surface area (Å²) < 4.78 is 46.4. The van der Waals surface area contributed by atoms with Gasteiger partial charge in [-0.1, -0.05) is 6.07 Å². The quantitative estimate of drug-likeness (QED) is 0.785. The van der Waals surface area contributed by atoms with E-state index in [0.717, 1.165) is 11.8 Å². The van der Waals surface area contributed by atoms with Crippen molar-refractivity contribution in [2.75, 3.05) is 12.9 Å². The van der Waals surface area contributed by atoms with Crippen LogP contribution in [0.3, 0.4) is 0 Å². The number of rotatable bonds is 3. The average Bonchev–Trinajstić information content (AvgIpc) is 2.31. The monoisotopic (exact) mass is 352 g/mol. The molecule has 1 aliphatic rings. The summed E-state index contributed by atoms with van der Waals surface area (Å²) in [5.41, 5.74) is 0.801. The lowest BCUT2D eigenvalue weighted by Crippen LogP contribution is -2.28. The van der Waals surface area contributed by atoms with E-state index in [0.29, 0.717) is 23.9 Å². The van der Waals surface area contributed by atoms with E-state index in [1.54, 1.807) is 12.1 Å². The second kappa shape index (κ2) is 5.87. The molecule has 2 unspecified atom stereocenters. The first kappa shape index (κ1) is 14.9. The van der Waals surface area contributed by atoms with E-state index in [2.05, 4.69) is 15.9 Å². The zero-order valence-corrected chi connectivity index (χ0v) is 12.7. The summed E-state index contributed by atoms with van der Waals surface area (Å²) in [5.74, 6) is -0.344. The fourth-order valence-corrected chi connectivity index (χ4v) is 3.11. The Balaban J connectivity index is 2.10. The van der Waals surface area contributed by atoms with Gasteiger partial charge in [0, 0.05) is 13.0 Å². The summed E-state index contributed by atoms with van der Waals surface area (Å²) in [7, 11) is -3.47. The summed E-state index contributed by atoms with van der Waals surface area (Å²) in [6.07, 6.45) is 1.33. The van der Waals surface area contributed by atoms with Crippen molar-refractivity contribution >= 4 is 26.0 Å². The third-order valence-electron chi connectivity index (χ3n) is 2.86. The minimum absolute atomic E-state index is 0.280. The molecule has 1 heterocycles. The van der Waals surface area contributed by atoms with E-state index >= 15 is 0 Å². The van der Waals surface area contributed by atoms with Crippen LogP contribution in [-0.4, -0.2) is 27.4 Å². The van der Waals surface area contributed by atoms with Gasteiger partial charge >= 0.3 is 0 Å². The largest absolute Gasteiger partial charge is 0.373 e. The van der Waals surface area contributed by atoms with E-state index in [1.807, 2.05) is 0 Å². The summed E-state index contributed by atoms with van der Waals surface area (Å²) in [6, 6.07) is 4.63. The molecule has 1 saturated heterocycles. The van der Waals surface area contributed by atoms with Gasteiger partial charge in [0.25, 0.3) is 10.1 Å². The van der Waals surface area contributed by atoms with Crippen LogP contribution in [0, 0.1) is 5.82 Å². The van der Waals surface area contributed by atoms with Crippen LogP contribution in [0.1, 0.15) is 24.5 Å². The first-order valence-electron chi connectivity index (χ1n) is 5.80. The summed E-state index contributed by atoms with van der Waals surface area (Å²) in [5, 5.41) is 0. The average molecular weight is 353 g/mol. The molecule has 0 bridgehead atoms. The van der Waals surface area contributed by atoms with Gasteiger partial charge in [0.2, 0.25) is 0 Å². The standard InChI is InChI=1S/C12H14BrFO4S/c1-19(15,16)18-9-4-5-17-12(7-9)8-2-3-11(14)10(13)6-8/h2-3,6,9,12H,4-5,7H2,1H3. The van der Waals surface area contributed by atoms with Gasteiger partial charge in [-0.15, -0.1) is 0 Å². The van der Waals surface area contributed by atoms with E-state index in [-0.39, 0.29) is 11.9 Å². The molecule has 0 radical (unpaired) electrons. The highest BCUT2D eigenvalue weighted by Gasteiger charge is 2.27. The van der Waals surface area contributed by atoms with Gasteiger partial charge in [-0.3, -0.25) is 4.18 Å². The zero-order valence-electron chi connectivity index (χ0n) is 10.3. The molecule has 1 fully saturated rings. The van der Waals surface area contributed by atoms with Crippen molar-refractivity contribution in [1.82, 2.24) is 0 Å². The smallest absolute Gasteiger partial charge is 0.264 e. The van der Waals surface area contributed by atoms with Gasteiger partial charge in [0.1, 0.15) is 5.82 Å². The zero-order chi connectivity index (χ0) is 14.0. The molecule has 7 heteroatoms. The summed E-state index contributed by atoms with van der Waals surface area (Å²) in [6.45, 7) is 0.417. The highest BCUT2D eigenvalue weighted by atomic mass is 79.9. The normalized spacial score (nSPS) is 24.4. The molecule has 2 rings (SSSR count). The third-order valence-corrected chi connectivity index (χ3v) is 4.09. The molecule has 19 heavy (non-hydrogen) atoms. The maximum atomic E-state index is 13.2. The molecule has 0 aromatic heterocycles.